The zero-order chi connectivity index (χ0) is 8.10. The van der Waals surface area contributed by atoms with Gasteiger partial charge in [0.15, 0.2) is 0 Å². The van der Waals surface area contributed by atoms with E-state index >= 15 is 0 Å². The molecule has 0 atom stereocenters. The van der Waals surface area contributed by atoms with E-state index in [9.17, 15) is 4.79 Å². The predicted molar refractivity (Wildman–Crippen MR) is 45.5 cm³/mol. The van der Waals surface area contributed by atoms with Crippen molar-refractivity contribution in [3.8, 4) is 0 Å². The Hall–Kier alpha value is -0.370. The number of hydrogen-bond donors (Lipinski definition) is 1. The molecule has 1 heterocycles. The average molecular weight is 155 g/mol. The molecular formula is C9H17NO. The lowest BCUT2D eigenvalue weighted by atomic mass is 9.94. The van der Waals surface area contributed by atoms with Crippen molar-refractivity contribution in [3.05, 3.63) is 0 Å². The van der Waals surface area contributed by atoms with Gasteiger partial charge in [-0.1, -0.05) is 19.8 Å². The first-order chi connectivity index (χ1) is 5.34. The summed E-state index contributed by atoms with van der Waals surface area (Å²) in [6, 6.07) is 0. The summed E-state index contributed by atoms with van der Waals surface area (Å²) < 4.78 is 0. The molecule has 1 saturated heterocycles. The summed E-state index contributed by atoms with van der Waals surface area (Å²) in [4.78, 5) is 11.3. The summed E-state index contributed by atoms with van der Waals surface area (Å²) in [5.74, 6) is 0.823. The van der Waals surface area contributed by atoms with E-state index in [-0.39, 0.29) is 0 Å². The Balaban J connectivity index is 2.01. The highest BCUT2D eigenvalue weighted by molar-refractivity contribution is 5.82. The number of rotatable bonds is 5. The van der Waals surface area contributed by atoms with Crippen LogP contribution in [0.15, 0.2) is 0 Å². The number of nitrogens with one attached hydrogen (secondary N) is 1. The van der Waals surface area contributed by atoms with Crippen molar-refractivity contribution in [2.45, 2.75) is 32.6 Å². The van der Waals surface area contributed by atoms with Crippen LogP contribution in [0.4, 0.5) is 0 Å². The fraction of sp³-hybridized carbons (Fsp3) is 0.889. The van der Waals surface area contributed by atoms with E-state index in [1.807, 2.05) is 0 Å². The number of ketones is 1. The van der Waals surface area contributed by atoms with Gasteiger partial charge in [-0.2, -0.15) is 0 Å². The van der Waals surface area contributed by atoms with Crippen molar-refractivity contribution in [2.24, 2.45) is 5.92 Å². The van der Waals surface area contributed by atoms with Crippen LogP contribution in [0.25, 0.3) is 0 Å². The Morgan fingerprint density at radius 3 is 2.64 bits per heavy atom. The largest absolute Gasteiger partial charge is 0.315 e. The van der Waals surface area contributed by atoms with Crippen molar-refractivity contribution >= 4 is 5.78 Å². The van der Waals surface area contributed by atoms with Crippen LogP contribution in [0.1, 0.15) is 32.6 Å². The van der Waals surface area contributed by atoms with Gasteiger partial charge in [0.05, 0.1) is 0 Å². The first-order valence-electron chi connectivity index (χ1n) is 4.58. The van der Waals surface area contributed by atoms with Gasteiger partial charge in [-0.3, -0.25) is 4.79 Å². The lowest BCUT2D eigenvalue weighted by molar-refractivity contribution is -0.124. The second-order valence-corrected chi connectivity index (χ2v) is 3.28. The molecule has 0 spiro atoms. The van der Waals surface area contributed by atoms with Crippen LogP contribution in [0.3, 0.4) is 0 Å². The minimum absolute atomic E-state index is 0.354. The quantitative estimate of drug-likeness (QED) is 0.607. The Bertz CT molecular complexity index is 130. The van der Waals surface area contributed by atoms with Crippen LogP contribution in [0, 0.1) is 5.92 Å². The molecule has 11 heavy (non-hydrogen) atoms. The molecule has 1 aliphatic rings. The molecule has 1 N–H and O–H groups in total. The molecule has 0 aromatic rings. The molecule has 1 rings (SSSR count). The topological polar surface area (TPSA) is 29.1 Å². The lowest BCUT2D eigenvalue weighted by Crippen LogP contribution is -2.46. The van der Waals surface area contributed by atoms with Crippen molar-refractivity contribution in [1.29, 1.82) is 0 Å². The molecule has 0 aliphatic carbocycles. The highest BCUT2D eigenvalue weighted by Crippen LogP contribution is 2.10. The summed E-state index contributed by atoms with van der Waals surface area (Å²) in [7, 11) is 0. The van der Waals surface area contributed by atoms with E-state index in [0.717, 1.165) is 25.9 Å². The van der Waals surface area contributed by atoms with Crippen molar-refractivity contribution in [2.75, 3.05) is 13.1 Å². The summed E-state index contributed by atoms with van der Waals surface area (Å²) in [5, 5.41) is 3.11. The first kappa shape index (κ1) is 8.72. The zero-order valence-electron chi connectivity index (χ0n) is 7.23. The fourth-order valence-electron chi connectivity index (χ4n) is 1.27. The monoisotopic (exact) mass is 155 g/mol. The summed E-state index contributed by atoms with van der Waals surface area (Å²) in [5.41, 5.74) is 0. The molecule has 0 aromatic heterocycles. The predicted octanol–water partition coefficient (Wildman–Crippen LogP) is 1.36. The molecule has 0 unspecified atom stereocenters. The lowest BCUT2D eigenvalue weighted by Gasteiger charge is -2.25. The van der Waals surface area contributed by atoms with E-state index < -0.39 is 0 Å². The third kappa shape index (κ3) is 2.62. The SMILES string of the molecule is CCCCCC(=O)C1CNC1. The maximum Gasteiger partial charge on any atom is 0.138 e. The van der Waals surface area contributed by atoms with Gasteiger partial charge in [-0.15, -0.1) is 0 Å². The van der Waals surface area contributed by atoms with Gasteiger partial charge >= 0.3 is 0 Å². The summed E-state index contributed by atoms with van der Waals surface area (Å²) in [6.07, 6.45) is 4.30. The molecule has 0 aromatic carbocycles. The molecule has 1 fully saturated rings. The normalized spacial score (nSPS) is 17.9. The van der Waals surface area contributed by atoms with E-state index in [0.29, 0.717) is 11.7 Å². The summed E-state index contributed by atoms with van der Waals surface area (Å²) >= 11 is 0. The molecule has 0 saturated carbocycles. The molecule has 64 valence electrons. The van der Waals surface area contributed by atoms with Crippen molar-refractivity contribution in [3.63, 3.8) is 0 Å². The van der Waals surface area contributed by atoms with Gasteiger partial charge in [0.2, 0.25) is 0 Å². The van der Waals surface area contributed by atoms with Crippen molar-refractivity contribution in [1.82, 2.24) is 5.32 Å². The highest BCUT2D eigenvalue weighted by Gasteiger charge is 2.23. The van der Waals surface area contributed by atoms with Gasteiger partial charge in [0.25, 0.3) is 0 Å². The van der Waals surface area contributed by atoms with E-state index in [1.165, 1.54) is 12.8 Å². The Kier molecular flexibility index (Phi) is 3.57. The minimum Gasteiger partial charge on any atom is -0.315 e. The minimum atomic E-state index is 0.354. The first-order valence-corrected chi connectivity index (χ1v) is 4.58. The number of Topliss-reactive ketones (excluding diaryl/α,β-unsaturated/α-hetero) is 1. The van der Waals surface area contributed by atoms with Crippen molar-refractivity contribution < 1.29 is 4.79 Å². The molecule has 0 radical (unpaired) electrons. The maximum atomic E-state index is 11.3. The number of hydrogen-bond acceptors (Lipinski definition) is 2. The third-order valence-corrected chi connectivity index (χ3v) is 2.26. The van der Waals surface area contributed by atoms with Crippen LogP contribution < -0.4 is 5.32 Å². The fourth-order valence-corrected chi connectivity index (χ4v) is 1.27. The van der Waals surface area contributed by atoms with Gasteiger partial charge in [-0.05, 0) is 6.42 Å². The highest BCUT2D eigenvalue weighted by atomic mass is 16.1. The number of carbonyl (C=O) groups excluding carboxylic acids is 1. The van der Waals surface area contributed by atoms with Crippen LogP contribution >= 0.6 is 0 Å². The second kappa shape index (κ2) is 4.50. The van der Waals surface area contributed by atoms with Crippen LogP contribution in [-0.2, 0) is 4.79 Å². The number of carbonyl (C=O) groups is 1. The second-order valence-electron chi connectivity index (χ2n) is 3.28. The van der Waals surface area contributed by atoms with Gasteiger partial charge < -0.3 is 5.32 Å². The van der Waals surface area contributed by atoms with Crippen LogP contribution in [-0.4, -0.2) is 18.9 Å². The molecule has 2 nitrogen and oxygen atoms in total. The zero-order valence-corrected chi connectivity index (χ0v) is 7.23. The van der Waals surface area contributed by atoms with Gasteiger partial charge in [0.1, 0.15) is 5.78 Å². The standard InChI is InChI=1S/C9H17NO/c1-2-3-4-5-9(11)8-6-10-7-8/h8,10H,2-7H2,1H3. The Labute approximate surface area is 68.4 Å². The van der Waals surface area contributed by atoms with Gasteiger partial charge in [-0.25, -0.2) is 0 Å². The van der Waals surface area contributed by atoms with E-state index in [4.69, 9.17) is 0 Å². The van der Waals surface area contributed by atoms with Crippen LogP contribution in [0.5, 0.6) is 0 Å². The van der Waals surface area contributed by atoms with Gasteiger partial charge in [0, 0.05) is 25.4 Å². The molecule has 0 amide bonds. The van der Waals surface area contributed by atoms with E-state index in [1.54, 1.807) is 0 Å². The molecule has 2 heteroatoms. The van der Waals surface area contributed by atoms with Crippen LogP contribution in [0.2, 0.25) is 0 Å². The molecule has 0 bridgehead atoms. The third-order valence-electron chi connectivity index (χ3n) is 2.26. The Morgan fingerprint density at radius 1 is 1.45 bits per heavy atom. The smallest absolute Gasteiger partial charge is 0.138 e. The van der Waals surface area contributed by atoms with E-state index in [2.05, 4.69) is 12.2 Å². The average Bonchev–Trinajstić information content (AvgIpc) is 1.84. The molecular weight excluding hydrogens is 138 g/mol. The summed E-state index contributed by atoms with van der Waals surface area (Å²) in [6.45, 7) is 4.01. The number of unbranched alkanes of at least 4 members (excludes halogenated alkanes) is 2. The molecule has 1 aliphatic heterocycles. The Morgan fingerprint density at radius 2 is 2.18 bits per heavy atom. The maximum absolute atomic E-state index is 11.3.